The third kappa shape index (κ3) is 5.39. The minimum Gasteiger partial charge on any atom is -0.474 e. The van der Waals surface area contributed by atoms with Crippen molar-refractivity contribution in [2.24, 2.45) is 0 Å². The predicted molar refractivity (Wildman–Crippen MR) is 82.0 cm³/mol. The Hall–Kier alpha value is -1.45. The number of hydroxylamine groups is 1. The average Bonchev–Trinajstić information content (AvgIpc) is 2.94. The fourth-order valence-electron chi connectivity index (χ4n) is 1.73. The summed E-state index contributed by atoms with van der Waals surface area (Å²) in [4.78, 5) is 18.6. The Morgan fingerprint density at radius 2 is 2.09 bits per heavy atom. The maximum Gasteiger partial charge on any atom is 0.328 e. The van der Waals surface area contributed by atoms with Crippen molar-refractivity contribution in [1.29, 1.82) is 0 Å². The molecule has 1 saturated heterocycles. The zero-order valence-electron chi connectivity index (χ0n) is 13.1. The molecule has 0 unspecified atom stereocenters. The van der Waals surface area contributed by atoms with Crippen molar-refractivity contribution < 1.29 is 19.1 Å². The van der Waals surface area contributed by atoms with E-state index in [0.29, 0.717) is 19.1 Å². The Kier molecular flexibility index (Phi) is 5.92. The summed E-state index contributed by atoms with van der Waals surface area (Å²) in [5.41, 5.74) is 2.40. The van der Waals surface area contributed by atoms with Crippen LogP contribution >= 0.6 is 11.7 Å². The van der Waals surface area contributed by atoms with E-state index in [1.165, 1.54) is 0 Å². The molecular weight excluding hydrogens is 308 g/mol. The van der Waals surface area contributed by atoms with Gasteiger partial charge < -0.3 is 19.2 Å². The van der Waals surface area contributed by atoms with Gasteiger partial charge in [-0.05, 0) is 20.8 Å². The van der Waals surface area contributed by atoms with Crippen LogP contribution in [-0.4, -0.2) is 53.2 Å². The van der Waals surface area contributed by atoms with Crippen molar-refractivity contribution in [3.05, 3.63) is 0 Å². The van der Waals surface area contributed by atoms with Crippen LogP contribution in [0.3, 0.4) is 0 Å². The molecule has 0 amide bonds. The van der Waals surface area contributed by atoms with E-state index in [2.05, 4.69) is 19.1 Å². The van der Waals surface area contributed by atoms with Crippen LogP contribution < -0.4 is 15.1 Å². The molecule has 1 fully saturated rings. The molecule has 22 heavy (non-hydrogen) atoms. The lowest BCUT2D eigenvalue weighted by Crippen LogP contribution is -2.37. The molecule has 0 radical (unpaired) electrons. The molecule has 9 heteroatoms. The summed E-state index contributed by atoms with van der Waals surface area (Å²) < 4.78 is 19.3. The molecule has 1 aliphatic rings. The summed E-state index contributed by atoms with van der Waals surface area (Å²) in [7, 11) is 0. The molecule has 1 N–H and O–H groups in total. The van der Waals surface area contributed by atoms with Crippen molar-refractivity contribution in [1.82, 2.24) is 14.2 Å². The number of hydrogen-bond acceptors (Lipinski definition) is 9. The highest BCUT2D eigenvalue weighted by Gasteiger charge is 2.20. The van der Waals surface area contributed by atoms with Gasteiger partial charge in [0.15, 0.2) is 0 Å². The molecule has 0 saturated carbocycles. The summed E-state index contributed by atoms with van der Waals surface area (Å²) >= 11 is 1.10. The second-order valence-corrected chi connectivity index (χ2v) is 6.45. The highest BCUT2D eigenvalue weighted by molar-refractivity contribution is 6.99. The first kappa shape index (κ1) is 16.9. The van der Waals surface area contributed by atoms with E-state index in [1.807, 2.05) is 20.8 Å². The van der Waals surface area contributed by atoms with E-state index >= 15 is 0 Å². The van der Waals surface area contributed by atoms with E-state index in [1.54, 1.807) is 0 Å². The molecule has 124 valence electrons. The second kappa shape index (κ2) is 7.70. The molecule has 0 spiro atoms. The van der Waals surface area contributed by atoms with Gasteiger partial charge in [0.1, 0.15) is 6.61 Å². The van der Waals surface area contributed by atoms with Crippen LogP contribution in [0.1, 0.15) is 27.2 Å². The third-order valence-electron chi connectivity index (χ3n) is 2.77. The SMILES string of the molecule is CC(C)(C)NOC(=O)CCOc1nsnc1N1CCOCC1. The first-order valence-electron chi connectivity index (χ1n) is 7.20. The van der Waals surface area contributed by atoms with Gasteiger partial charge in [0, 0.05) is 18.6 Å². The molecule has 0 aliphatic carbocycles. The van der Waals surface area contributed by atoms with Gasteiger partial charge in [-0.1, -0.05) is 0 Å². The van der Waals surface area contributed by atoms with Gasteiger partial charge in [0.2, 0.25) is 5.82 Å². The molecule has 8 nitrogen and oxygen atoms in total. The topological polar surface area (TPSA) is 85.8 Å². The number of nitrogens with zero attached hydrogens (tertiary/aromatic N) is 3. The van der Waals surface area contributed by atoms with Crippen molar-refractivity contribution in [2.45, 2.75) is 32.7 Å². The van der Waals surface area contributed by atoms with Crippen molar-refractivity contribution >= 4 is 23.5 Å². The zero-order chi connectivity index (χ0) is 16.0. The molecule has 0 bridgehead atoms. The van der Waals surface area contributed by atoms with Crippen molar-refractivity contribution in [2.75, 3.05) is 37.8 Å². The van der Waals surface area contributed by atoms with Gasteiger partial charge in [-0.25, -0.2) is 0 Å². The molecule has 1 aromatic heterocycles. The summed E-state index contributed by atoms with van der Waals surface area (Å²) in [6.07, 6.45) is 0.142. The van der Waals surface area contributed by atoms with Gasteiger partial charge in [0.05, 0.1) is 31.4 Å². The van der Waals surface area contributed by atoms with Crippen molar-refractivity contribution in [3.8, 4) is 5.88 Å². The quantitative estimate of drug-likeness (QED) is 0.773. The Balaban J connectivity index is 1.75. The zero-order valence-corrected chi connectivity index (χ0v) is 13.9. The number of aromatic nitrogens is 2. The highest BCUT2D eigenvalue weighted by atomic mass is 32.1. The van der Waals surface area contributed by atoms with Crippen LogP contribution in [0.15, 0.2) is 0 Å². The van der Waals surface area contributed by atoms with Crippen LogP contribution in [0.25, 0.3) is 0 Å². The summed E-state index contributed by atoms with van der Waals surface area (Å²) in [6, 6.07) is 0. The van der Waals surface area contributed by atoms with Crippen LogP contribution in [0, 0.1) is 0 Å². The Bertz CT molecular complexity index is 483. The van der Waals surface area contributed by atoms with E-state index in [0.717, 1.165) is 30.6 Å². The fourth-order valence-corrected chi connectivity index (χ4v) is 2.25. The Morgan fingerprint density at radius 3 is 2.77 bits per heavy atom. The smallest absolute Gasteiger partial charge is 0.328 e. The molecule has 1 aliphatic heterocycles. The van der Waals surface area contributed by atoms with E-state index in [9.17, 15) is 4.79 Å². The average molecular weight is 330 g/mol. The maximum atomic E-state index is 11.6. The van der Waals surface area contributed by atoms with E-state index in [4.69, 9.17) is 14.3 Å². The van der Waals surface area contributed by atoms with Gasteiger partial charge in [-0.2, -0.15) is 4.37 Å². The van der Waals surface area contributed by atoms with Gasteiger partial charge in [-0.15, -0.1) is 9.85 Å². The number of carbonyl (C=O) groups excluding carboxylic acids is 1. The first-order chi connectivity index (χ1) is 10.5. The standard InChI is InChI=1S/C13H22N4O4S/c1-13(2,3)16-21-10(18)4-7-20-12-11(14-22-15-12)17-5-8-19-9-6-17/h16H,4-9H2,1-3H3. The lowest BCUT2D eigenvalue weighted by Gasteiger charge is -2.26. The fraction of sp³-hybridized carbons (Fsp3) is 0.769. The first-order valence-corrected chi connectivity index (χ1v) is 7.93. The summed E-state index contributed by atoms with van der Waals surface area (Å²) in [5.74, 6) is 0.809. The molecule has 1 aromatic rings. The second-order valence-electron chi connectivity index (χ2n) is 5.92. The van der Waals surface area contributed by atoms with E-state index < -0.39 is 0 Å². The lowest BCUT2D eigenvalue weighted by molar-refractivity contribution is -0.155. The highest BCUT2D eigenvalue weighted by Crippen LogP contribution is 2.26. The monoisotopic (exact) mass is 330 g/mol. The number of nitrogens with one attached hydrogen (secondary N) is 1. The number of morpholine rings is 1. The van der Waals surface area contributed by atoms with Gasteiger partial charge in [0.25, 0.3) is 5.88 Å². The molecule has 0 aromatic carbocycles. The largest absolute Gasteiger partial charge is 0.474 e. The normalized spacial score (nSPS) is 15.7. The van der Waals surface area contributed by atoms with Gasteiger partial charge >= 0.3 is 5.97 Å². The molecule has 0 atom stereocenters. The van der Waals surface area contributed by atoms with Crippen molar-refractivity contribution in [3.63, 3.8) is 0 Å². The minimum absolute atomic E-state index is 0.142. The lowest BCUT2D eigenvalue weighted by atomic mass is 10.1. The third-order valence-corrected chi connectivity index (χ3v) is 3.27. The molecule has 2 rings (SSSR count). The number of hydrogen-bond donors (Lipinski definition) is 1. The number of anilines is 1. The molecule has 2 heterocycles. The summed E-state index contributed by atoms with van der Waals surface area (Å²) in [5, 5.41) is 0. The summed E-state index contributed by atoms with van der Waals surface area (Å²) in [6.45, 7) is 8.79. The van der Waals surface area contributed by atoms with Crippen LogP contribution in [-0.2, 0) is 14.4 Å². The maximum absolute atomic E-state index is 11.6. The van der Waals surface area contributed by atoms with Crippen LogP contribution in [0.4, 0.5) is 5.82 Å². The van der Waals surface area contributed by atoms with Gasteiger partial charge in [-0.3, -0.25) is 4.79 Å². The van der Waals surface area contributed by atoms with Crippen LogP contribution in [0.2, 0.25) is 0 Å². The number of rotatable bonds is 6. The predicted octanol–water partition coefficient (Wildman–Crippen LogP) is 0.990. The van der Waals surface area contributed by atoms with E-state index in [-0.39, 0.29) is 24.5 Å². The number of carbonyl (C=O) groups is 1. The van der Waals surface area contributed by atoms with Crippen LogP contribution in [0.5, 0.6) is 5.88 Å². The molecular formula is C13H22N4O4S. The Labute approximate surface area is 134 Å². The Morgan fingerprint density at radius 1 is 1.36 bits per heavy atom. The minimum atomic E-state index is -0.369. The number of ether oxygens (including phenoxy) is 2.